The van der Waals surface area contributed by atoms with Crippen LogP contribution in [0.1, 0.15) is 37.0 Å². The number of nitrogens with zero attached hydrogens (tertiary/aromatic N) is 1. The molecule has 0 atom stereocenters. The molecule has 1 aromatic heterocycles. The summed E-state index contributed by atoms with van der Waals surface area (Å²) in [5.41, 5.74) is 0.762. The Morgan fingerprint density at radius 2 is 2.29 bits per heavy atom. The van der Waals surface area contributed by atoms with E-state index in [4.69, 9.17) is 11.6 Å². The van der Waals surface area contributed by atoms with Gasteiger partial charge in [0.15, 0.2) is 0 Å². The topological polar surface area (TPSA) is 42.0 Å². The van der Waals surface area contributed by atoms with Gasteiger partial charge in [-0.2, -0.15) is 0 Å². The normalized spacial score (nSPS) is 16.9. The molecule has 1 aliphatic carbocycles. The molecule has 1 saturated carbocycles. The number of hydrogen-bond acceptors (Lipinski definition) is 2. The predicted octanol–water partition coefficient (Wildman–Crippen LogP) is 2.90. The summed E-state index contributed by atoms with van der Waals surface area (Å²) in [5.74, 6) is 0.474. The van der Waals surface area contributed by atoms with Crippen LogP contribution in [-0.4, -0.2) is 17.4 Å². The van der Waals surface area contributed by atoms with Gasteiger partial charge in [-0.15, -0.1) is 0 Å². The smallest absolute Gasteiger partial charge is 0.254 e. The van der Waals surface area contributed by atoms with Crippen LogP contribution in [0, 0.1) is 11.3 Å². The quantitative estimate of drug-likeness (QED) is 0.838. The van der Waals surface area contributed by atoms with Gasteiger partial charge in [-0.25, -0.2) is 4.98 Å². The Morgan fingerprint density at radius 1 is 1.59 bits per heavy atom. The number of hydrogen-bond donors (Lipinski definition) is 1. The van der Waals surface area contributed by atoms with E-state index in [1.807, 2.05) is 0 Å². The van der Waals surface area contributed by atoms with Crippen LogP contribution in [0.3, 0.4) is 0 Å². The summed E-state index contributed by atoms with van der Waals surface area (Å²) in [6, 6.07) is 3.41. The van der Waals surface area contributed by atoms with Gasteiger partial charge in [0.05, 0.1) is 5.56 Å². The molecule has 0 radical (unpaired) electrons. The summed E-state index contributed by atoms with van der Waals surface area (Å²) in [5, 5.41) is 3.22. The van der Waals surface area contributed by atoms with E-state index in [0.717, 1.165) is 6.54 Å². The third-order valence-corrected chi connectivity index (χ3v) is 4.02. The first-order valence-corrected chi connectivity index (χ1v) is 6.32. The number of carbonyl (C=O) groups excluding carboxylic acids is 1. The second-order valence-corrected chi connectivity index (χ2v) is 5.40. The van der Waals surface area contributed by atoms with E-state index >= 15 is 0 Å². The van der Waals surface area contributed by atoms with Crippen molar-refractivity contribution in [1.29, 1.82) is 0 Å². The van der Waals surface area contributed by atoms with Crippen LogP contribution in [0.2, 0.25) is 5.15 Å². The molecule has 2 rings (SSSR count). The van der Waals surface area contributed by atoms with Crippen LogP contribution in [0.15, 0.2) is 18.3 Å². The molecular formula is C13H17ClN2O. The first-order valence-electron chi connectivity index (χ1n) is 5.94. The van der Waals surface area contributed by atoms with Crippen molar-refractivity contribution in [3.63, 3.8) is 0 Å². The number of pyridine rings is 1. The highest BCUT2D eigenvalue weighted by Gasteiger charge is 2.45. The van der Waals surface area contributed by atoms with Crippen LogP contribution < -0.4 is 5.32 Å². The Morgan fingerprint density at radius 3 is 2.82 bits per heavy atom. The minimum absolute atomic E-state index is 0.130. The molecule has 0 bridgehead atoms. The lowest BCUT2D eigenvalue weighted by Gasteiger charge is -2.20. The van der Waals surface area contributed by atoms with Crippen molar-refractivity contribution in [2.45, 2.75) is 26.7 Å². The van der Waals surface area contributed by atoms with Crippen molar-refractivity contribution in [2.24, 2.45) is 11.3 Å². The van der Waals surface area contributed by atoms with Crippen LogP contribution in [0.4, 0.5) is 0 Å². The highest BCUT2D eigenvalue weighted by molar-refractivity contribution is 6.32. The predicted molar refractivity (Wildman–Crippen MR) is 68.1 cm³/mol. The zero-order valence-electron chi connectivity index (χ0n) is 10.2. The summed E-state index contributed by atoms with van der Waals surface area (Å²) in [4.78, 5) is 15.8. The Bertz CT molecular complexity index is 427. The van der Waals surface area contributed by atoms with E-state index < -0.39 is 0 Å². The molecule has 4 heteroatoms. The lowest BCUT2D eigenvalue weighted by molar-refractivity contribution is 0.0939. The molecule has 0 aliphatic heterocycles. The molecule has 1 N–H and O–H groups in total. The first-order chi connectivity index (χ1) is 8.05. The Hall–Kier alpha value is -1.09. The molecular weight excluding hydrogens is 236 g/mol. The van der Waals surface area contributed by atoms with Crippen molar-refractivity contribution in [2.75, 3.05) is 6.54 Å². The van der Waals surface area contributed by atoms with Gasteiger partial charge in [0, 0.05) is 12.7 Å². The Kier molecular flexibility index (Phi) is 3.38. The van der Waals surface area contributed by atoms with Gasteiger partial charge in [0.1, 0.15) is 5.15 Å². The van der Waals surface area contributed by atoms with Gasteiger partial charge in [-0.05, 0) is 36.3 Å². The van der Waals surface area contributed by atoms with Gasteiger partial charge >= 0.3 is 0 Å². The number of amides is 1. The monoisotopic (exact) mass is 252 g/mol. The first kappa shape index (κ1) is 12.4. The van der Waals surface area contributed by atoms with Gasteiger partial charge in [-0.1, -0.05) is 25.4 Å². The molecule has 0 unspecified atom stereocenters. The average Bonchev–Trinajstić information content (AvgIpc) is 3.07. The average molecular weight is 253 g/mol. The molecule has 0 saturated heterocycles. The molecule has 1 heterocycles. The van der Waals surface area contributed by atoms with Crippen molar-refractivity contribution in [3.8, 4) is 0 Å². The molecule has 92 valence electrons. The number of carbonyl (C=O) groups is 1. The van der Waals surface area contributed by atoms with Crippen LogP contribution >= 0.6 is 11.6 Å². The third-order valence-electron chi connectivity index (χ3n) is 3.72. The van der Waals surface area contributed by atoms with Crippen LogP contribution in [-0.2, 0) is 0 Å². The molecule has 1 fully saturated rings. The minimum Gasteiger partial charge on any atom is -0.351 e. The molecule has 3 nitrogen and oxygen atoms in total. The fourth-order valence-electron chi connectivity index (χ4n) is 2.03. The maximum Gasteiger partial charge on any atom is 0.254 e. The van der Waals surface area contributed by atoms with Crippen LogP contribution in [0.25, 0.3) is 0 Å². The van der Waals surface area contributed by atoms with E-state index in [9.17, 15) is 4.79 Å². The summed E-state index contributed by atoms with van der Waals surface area (Å²) in [6.45, 7) is 5.14. The fourth-order valence-corrected chi connectivity index (χ4v) is 2.23. The molecule has 1 amide bonds. The Balaban J connectivity index is 1.97. The SMILES string of the molecule is CC(C)C1(CNC(=O)c2cccnc2Cl)CC1. The van der Waals surface area contributed by atoms with Gasteiger partial charge in [-0.3, -0.25) is 4.79 Å². The zero-order chi connectivity index (χ0) is 12.5. The molecule has 0 spiro atoms. The van der Waals surface area contributed by atoms with Crippen molar-refractivity contribution in [1.82, 2.24) is 10.3 Å². The number of rotatable bonds is 4. The molecule has 1 aliphatic rings. The van der Waals surface area contributed by atoms with Crippen molar-refractivity contribution >= 4 is 17.5 Å². The molecule has 0 aromatic carbocycles. The lowest BCUT2D eigenvalue weighted by atomic mass is 9.92. The van der Waals surface area contributed by atoms with Gasteiger partial charge in [0.25, 0.3) is 5.91 Å². The molecule has 17 heavy (non-hydrogen) atoms. The van der Waals surface area contributed by atoms with Crippen LogP contribution in [0.5, 0.6) is 0 Å². The lowest BCUT2D eigenvalue weighted by Crippen LogP contribution is -2.32. The number of aromatic nitrogens is 1. The van der Waals surface area contributed by atoms with E-state index in [-0.39, 0.29) is 11.1 Å². The second-order valence-electron chi connectivity index (χ2n) is 5.04. The highest BCUT2D eigenvalue weighted by atomic mass is 35.5. The van der Waals surface area contributed by atoms with E-state index in [1.54, 1.807) is 18.3 Å². The maximum absolute atomic E-state index is 11.9. The Labute approximate surface area is 107 Å². The maximum atomic E-state index is 11.9. The van der Waals surface area contributed by atoms with E-state index in [0.29, 0.717) is 16.9 Å². The summed E-state index contributed by atoms with van der Waals surface area (Å²) in [6.07, 6.45) is 3.98. The largest absolute Gasteiger partial charge is 0.351 e. The third kappa shape index (κ3) is 2.60. The second kappa shape index (κ2) is 4.65. The number of halogens is 1. The summed E-state index contributed by atoms with van der Waals surface area (Å²) in [7, 11) is 0. The standard InChI is InChI=1S/C13H17ClN2O/c1-9(2)13(5-6-13)8-16-12(17)10-4-3-7-15-11(10)14/h3-4,7,9H,5-6,8H2,1-2H3,(H,16,17). The minimum atomic E-state index is -0.130. The molecule has 1 aromatic rings. The summed E-state index contributed by atoms with van der Waals surface area (Å²) >= 11 is 5.88. The van der Waals surface area contributed by atoms with Crippen molar-refractivity contribution in [3.05, 3.63) is 29.0 Å². The highest BCUT2D eigenvalue weighted by Crippen LogP contribution is 2.51. The van der Waals surface area contributed by atoms with Crippen molar-refractivity contribution < 1.29 is 4.79 Å². The zero-order valence-corrected chi connectivity index (χ0v) is 10.9. The van der Waals surface area contributed by atoms with E-state index in [2.05, 4.69) is 24.1 Å². The number of nitrogens with one attached hydrogen (secondary N) is 1. The summed E-state index contributed by atoms with van der Waals surface area (Å²) < 4.78 is 0. The van der Waals surface area contributed by atoms with E-state index in [1.165, 1.54) is 12.8 Å². The van der Waals surface area contributed by atoms with Gasteiger partial charge in [0.2, 0.25) is 0 Å². The fraction of sp³-hybridized carbons (Fsp3) is 0.538. The van der Waals surface area contributed by atoms with Gasteiger partial charge < -0.3 is 5.32 Å².